The van der Waals surface area contributed by atoms with Crippen LogP contribution in [0.15, 0.2) is 47.8 Å². The largest absolute Gasteiger partial charge is 0.497 e. The zero-order valence-electron chi connectivity index (χ0n) is 11.9. The van der Waals surface area contributed by atoms with E-state index in [0.29, 0.717) is 29.3 Å². The van der Waals surface area contributed by atoms with E-state index in [2.05, 4.69) is 20.5 Å². The first-order valence-corrected chi connectivity index (χ1v) is 6.53. The molecule has 1 amide bonds. The van der Waals surface area contributed by atoms with E-state index < -0.39 is 0 Å². The lowest BCUT2D eigenvalue weighted by molar-refractivity contribution is 0.0954. The summed E-state index contributed by atoms with van der Waals surface area (Å²) in [6, 6.07) is 8.59. The molecule has 21 heavy (non-hydrogen) atoms. The van der Waals surface area contributed by atoms with Crippen molar-refractivity contribution in [2.45, 2.75) is 13.3 Å². The maximum absolute atomic E-state index is 12.0. The zero-order chi connectivity index (χ0) is 15.1. The third kappa shape index (κ3) is 3.85. The molecule has 0 aliphatic carbocycles. The van der Waals surface area contributed by atoms with Crippen molar-refractivity contribution >= 4 is 11.6 Å². The minimum absolute atomic E-state index is 0.309. The fourth-order valence-corrected chi connectivity index (χ4v) is 1.68. The van der Waals surface area contributed by atoms with E-state index in [1.165, 1.54) is 0 Å². The Balaban J connectivity index is 2.13. The van der Waals surface area contributed by atoms with Crippen LogP contribution < -0.4 is 10.2 Å². The summed E-state index contributed by atoms with van der Waals surface area (Å²) in [7, 11) is 1.55. The highest BCUT2D eigenvalue weighted by molar-refractivity contribution is 5.99. The molecule has 0 spiro atoms. The molecule has 108 valence electrons. The summed E-state index contributed by atoms with van der Waals surface area (Å²) in [5, 5.41) is 4.10. The minimum Gasteiger partial charge on any atom is -0.497 e. The number of nitrogens with one attached hydrogen (secondary N) is 1. The van der Waals surface area contributed by atoms with Crippen molar-refractivity contribution in [3.8, 4) is 5.75 Å². The average molecular weight is 284 g/mol. The Kier molecular flexibility index (Phi) is 4.98. The van der Waals surface area contributed by atoms with E-state index in [4.69, 9.17) is 4.74 Å². The van der Waals surface area contributed by atoms with Gasteiger partial charge in [0.05, 0.1) is 7.11 Å². The Morgan fingerprint density at radius 1 is 1.29 bits per heavy atom. The van der Waals surface area contributed by atoms with Gasteiger partial charge in [0, 0.05) is 18.0 Å². The number of carbonyl (C=O) groups excluding carboxylic acids is 1. The van der Waals surface area contributed by atoms with Gasteiger partial charge in [0.25, 0.3) is 5.91 Å². The Morgan fingerprint density at radius 3 is 2.71 bits per heavy atom. The van der Waals surface area contributed by atoms with Crippen LogP contribution in [0.2, 0.25) is 0 Å². The zero-order valence-corrected chi connectivity index (χ0v) is 11.9. The van der Waals surface area contributed by atoms with Crippen LogP contribution in [0.4, 0.5) is 0 Å². The fraction of sp³-hybridized carbons (Fsp3) is 0.200. The summed E-state index contributed by atoms with van der Waals surface area (Å²) in [5.41, 5.74) is 3.61. The van der Waals surface area contributed by atoms with Crippen LogP contribution in [0.25, 0.3) is 0 Å². The van der Waals surface area contributed by atoms with Crippen LogP contribution in [-0.4, -0.2) is 28.7 Å². The number of benzene rings is 1. The van der Waals surface area contributed by atoms with E-state index in [-0.39, 0.29) is 5.91 Å². The lowest BCUT2D eigenvalue weighted by atomic mass is 10.2. The van der Waals surface area contributed by atoms with Crippen LogP contribution in [0.3, 0.4) is 0 Å². The van der Waals surface area contributed by atoms with Crippen molar-refractivity contribution < 1.29 is 9.53 Å². The van der Waals surface area contributed by atoms with E-state index in [9.17, 15) is 4.79 Å². The number of aromatic nitrogens is 2. The summed E-state index contributed by atoms with van der Waals surface area (Å²) in [5.74, 6) is 0.815. The van der Waals surface area contributed by atoms with Gasteiger partial charge < -0.3 is 4.74 Å². The quantitative estimate of drug-likeness (QED) is 0.673. The molecule has 6 heteroatoms. The molecule has 0 fully saturated rings. The van der Waals surface area contributed by atoms with Crippen molar-refractivity contribution in [1.29, 1.82) is 0 Å². The molecule has 1 aromatic carbocycles. The lowest BCUT2D eigenvalue weighted by Gasteiger charge is -2.05. The number of rotatable bonds is 5. The summed E-state index contributed by atoms with van der Waals surface area (Å²) in [6.07, 6.45) is 3.89. The molecule has 6 nitrogen and oxygen atoms in total. The molecule has 1 aromatic heterocycles. The highest BCUT2D eigenvalue weighted by atomic mass is 16.5. The molecule has 1 N–H and O–H groups in total. The van der Waals surface area contributed by atoms with E-state index in [1.54, 1.807) is 49.8 Å². The number of amides is 1. The maximum atomic E-state index is 12.0. The van der Waals surface area contributed by atoms with Gasteiger partial charge in [0.2, 0.25) is 0 Å². The third-order valence-corrected chi connectivity index (χ3v) is 2.78. The van der Waals surface area contributed by atoms with Gasteiger partial charge in [0.1, 0.15) is 11.5 Å². The van der Waals surface area contributed by atoms with Crippen LogP contribution >= 0.6 is 0 Å². The Hall–Kier alpha value is -2.76. The highest BCUT2D eigenvalue weighted by Gasteiger charge is 2.08. The summed E-state index contributed by atoms with van der Waals surface area (Å²) in [6.45, 7) is 1.92. The Bertz CT molecular complexity index is 641. The number of methoxy groups -OCH3 is 1. The SMILES string of the molecule is CC/C(=N\NC(=O)c1cccc(OC)c1)c1ncccn1. The van der Waals surface area contributed by atoms with Gasteiger partial charge in [0.15, 0.2) is 5.82 Å². The molecule has 0 saturated carbocycles. The van der Waals surface area contributed by atoms with E-state index in [0.717, 1.165) is 0 Å². The number of ether oxygens (including phenoxy) is 1. The average Bonchev–Trinajstić information content (AvgIpc) is 2.56. The Labute approximate surface area is 122 Å². The highest BCUT2D eigenvalue weighted by Crippen LogP contribution is 2.12. The smallest absolute Gasteiger partial charge is 0.271 e. The monoisotopic (exact) mass is 284 g/mol. The number of hydrazone groups is 1. The number of hydrogen-bond acceptors (Lipinski definition) is 5. The van der Waals surface area contributed by atoms with Gasteiger partial charge in [-0.05, 0) is 30.7 Å². The van der Waals surface area contributed by atoms with Gasteiger partial charge >= 0.3 is 0 Å². The molecule has 0 unspecified atom stereocenters. The Morgan fingerprint density at radius 2 is 2.05 bits per heavy atom. The first-order valence-electron chi connectivity index (χ1n) is 6.53. The topological polar surface area (TPSA) is 76.5 Å². The number of hydrogen-bond donors (Lipinski definition) is 1. The van der Waals surface area contributed by atoms with Gasteiger partial charge in [-0.2, -0.15) is 5.10 Å². The molecule has 0 bridgehead atoms. The van der Waals surface area contributed by atoms with Crippen LogP contribution in [0.1, 0.15) is 29.5 Å². The maximum Gasteiger partial charge on any atom is 0.271 e. The first kappa shape index (κ1) is 14.6. The molecule has 0 saturated heterocycles. The number of carbonyl (C=O) groups is 1. The molecule has 1 heterocycles. The molecular weight excluding hydrogens is 268 g/mol. The molecule has 0 atom stereocenters. The van der Waals surface area contributed by atoms with E-state index in [1.807, 2.05) is 6.92 Å². The second-order valence-electron chi connectivity index (χ2n) is 4.16. The van der Waals surface area contributed by atoms with Crippen molar-refractivity contribution in [1.82, 2.24) is 15.4 Å². The summed E-state index contributed by atoms with van der Waals surface area (Å²) >= 11 is 0. The molecule has 0 aliphatic rings. The van der Waals surface area contributed by atoms with E-state index >= 15 is 0 Å². The second-order valence-corrected chi connectivity index (χ2v) is 4.16. The lowest BCUT2D eigenvalue weighted by Crippen LogP contribution is -2.20. The van der Waals surface area contributed by atoms with Gasteiger partial charge in [-0.3, -0.25) is 4.79 Å². The second kappa shape index (κ2) is 7.14. The van der Waals surface area contributed by atoms with Gasteiger partial charge in [-0.15, -0.1) is 0 Å². The van der Waals surface area contributed by atoms with Crippen LogP contribution in [0, 0.1) is 0 Å². The van der Waals surface area contributed by atoms with Crippen molar-refractivity contribution in [3.63, 3.8) is 0 Å². The standard InChI is InChI=1S/C15H16N4O2/c1-3-13(14-16-8-5-9-17-14)18-19-15(20)11-6-4-7-12(10-11)21-2/h4-10H,3H2,1-2H3,(H,19,20)/b18-13+. The third-order valence-electron chi connectivity index (χ3n) is 2.78. The molecule has 0 radical (unpaired) electrons. The normalized spacial score (nSPS) is 11.0. The van der Waals surface area contributed by atoms with Crippen molar-refractivity contribution in [2.75, 3.05) is 7.11 Å². The molecule has 2 rings (SSSR count). The predicted molar refractivity (Wildman–Crippen MR) is 79.3 cm³/mol. The number of nitrogens with zero attached hydrogens (tertiary/aromatic N) is 3. The molecular formula is C15H16N4O2. The first-order chi connectivity index (χ1) is 10.2. The predicted octanol–water partition coefficient (Wildman–Crippen LogP) is 2.03. The minimum atomic E-state index is -0.309. The van der Waals surface area contributed by atoms with Gasteiger partial charge in [-0.25, -0.2) is 15.4 Å². The van der Waals surface area contributed by atoms with Crippen LogP contribution in [0.5, 0.6) is 5.75 Å². The van der Waals surface area contributed by atoms with Crippen molar-refractivity contribution in [3.05, 3.63) is 54.1 Å². The summed E-state index contributed by atoms with van der Waals surface area (Å²) in [4.78, 5) is 20.3. The van der Waals surface area contributed by atoms with Gasteiger partial charge in [-0.1, -0.05) is 13.0 Å². The van der Waals surface area contributed by atoms with Crippen LogP contribution in [-0.2, 0) is 0 Å². The van der Waals surface area contributed by atoms with Crippen molar-refractivity contribution in [2.24, 2.45) is 5.10 Å². The summed E-state index contributed by atoms with van der Waals surface area (Å²) < 4.78 is 5.09. The fourth-order valence-electron chi connectivity index (χ4n) is 1.68. The molecule has 2 aromatic rings. The molecule has 0 aliphatic heterocycles.